The van der Waals surface area contributed by atoms with Gasteiger partial charge in [0, 0.05) is 16.6 Å². The standard InChI is InChI=1S/C12H12BrN5O/c1-6-4-8(13)5-14-9(6)16-12(19)11-15-10(17-18-11)7-2-3-7/h4-5,7H,2-3H2,1H3,(H,14,16,19)(H,15,17,18). The monoisotopic (exact) mass is 321 g/mol. The molecule has 0 aromatic carbocycles. The lowest BCUT2D eigenvalue weighted by molar-refractivity contribution is 0.101. The smallest absolute Gasteiger partial charge is 0.296 e. The second kappa shape index (κ2) is 4.73. The van der Waals surface area contributed by atoms with Crippen molar-refractivity contribution in [2.75, 3.05) is 5.32 Å². The Morgan fingerprint density at radius 2 is 2.32 bits per heavy atom. The van der Waals surface area contributed by atoms with Gasteiger partial charge >= 0.3 is 0 Å². The van der Waals surface area contributed by atoms with E-state index in [0.717, 1.165) is 28.7 Å². The molecule has 1 saturated carbocycles. The normalized spacial score (nSPS) is 14.4. The van der Waals surface area contributed by atoms with Gasteiger partial charge in [0.15, 0.2) is 0 Å². The van der Waals surface area contributed by atoms with E-state index in [1.165, 1.54) is 0 Å². The molecule has 0 bridgehead atoms. The van der Waals surface area contributed by atoms with Crippen molar-refractivity contribution in [1.82, 2.24) is 20.2 Å². The molecule has 1 aliphatic rings. The third kappa shape index (κ3) is 2.65. The van der Waals surface area contributed by atoms with Gasteiger partial charge in [0.2, 0.25) is 5.82 Å². The number of anilines is 1. The van der Waals surface area contributed by atoms with E-state index in [9.17, 15) is 4.79 Å². The minimum absolute atomic E-state index is 0.158. The van der Waals surface area contributed by atoms with E-state index in [2.05, 4.69) is 41.4 Å². The van der Waals surface area contributed by atoms with Gasteiger partial charge in [0.05, 0.1) is 0 Å². The summed E-state index contributed by atoms with van der Waals surface area (Å²) in [7, 11) is 0. The maximum absolute atomic E-state index is 12.0. The van der Waals surface area contributed by atoms with Gasteiger partial charge in [-0.15, -0.1) is 5.10 Å². The lowest BCUT2D eigenvalue weighted by atomic mass is 10.3. The van der Waals surface area contributed by atoms with Crippen LogP contribution < -0.4 is 5.32 Å². The Labute approximate surface area is 118 Å². The van der Waals surface area contributed by atoms with Gasteiger partial charge in [0.1, 0.15) is 11.6 Å². The topological polar surface area (TPSA) is 83.6 Å². The van der Waals surface area contributed by atoms with Crippen molar-refractivity contribution in [1.29, 1.82) is 0 Å². The Morgan fingerprint density at radius 3 is 3.00 bits per heavy atom. The largest absolute Gasteiger partial charge is 0.304 e. The van der Waals surface area contributed by atoms with Crippen molar-refractivity contribution in [3.05, 3.63) is 33.9 Å². The molecule has 0 unspecified atom stereocenters. The summed E-state index contributed by atoms with van der Waals surface area (Å²) in [4.78, 5) is 20.4. The molecule has 6 nitrogen and oxygen atoms in total. The summed E-state index contributed by atoms with van der Waals surface area (Å²) in [5, 5.41) is 9.45. The zero-order valence-electron chi connectivity index (χ0n) is 10.3. The molecule has 2 heterocycles. The average Bonchev–Trinajstić information content (AvgIpc) is 3.10. The van der Waals surface area contributed by atoms with E-state index in [4.69, 9.17) is 0 Å². The van der Waals surface area contributed by atoms with Gasteiger partial charge in [-0.2, -0.15) is 0 Å². The minimum atomic E-state index is -0.346. The first-order valence-electron chi connectivity index (χ1n) is 5.99. The Hall–Kier alpha value is -1.76. The van der Waals surface area contributed by atoms with E-state index >= 15 is 0 Å². The van der Waals surface area contributed by atoms with Crippen LogP contribution in [0.5, 0.6) is 0 Å². The third-order valence-corrected chi connectivity index (χ3v) is 3.38. The summed E-state index contributed by atoms with van der Waals surface area (Å²) in [6.07, 6.45) is 3.86. The summed E-state index contributed by atoms with van der Waals surface area (Å²) in [5.41, 5.74) is 0.876. The molecule has 1 fully saturated rings. The van der Waals surface area contributed by atoms with Crippen LogP contribution in [-0.4, -0.2) is 26.1 Å². The average molecular weight is 322 g/mol. The maximum atomic E-state index is 12.0. The van der Waals surface area contributed by atoms with Gasteiger partial charge < -0.3 is 5.32 Å². The number of nitrogens with zero attached hydrogens (tertiary/aromatic N) is 3. The van der Waals surface area contributed by atoms with E-state index in [0.29, 0.717) is 11.7 Å². The number of hydrogen-bond donors (Lipinski definition) is 2. The fraction of sp³-hybridized carbons (Fsp3) is 0.333. The quantitative estimate of drug-likeness (QED) is 0.909. The first kappa shape index (κ1) is 12.3. The highest BCUT2D eigenvalue weighted by molar-refractivity contribution is 9.10. The second-order valence-corrected chi connectivity index (χ2v) is 5.51. The number of rotatable bonds is 3. The van der Waals surface area contributed by atoms with Crippen LogP contribution in [0.2, 0.25) is 0 Å². The van der Waals surface area contributed by atoms with Gasteiger partial charge in [-0.3, -0.25) is 9.89 Å². The molecule has 3 rings (SSSR count). The third-order valence-electron chi connectivity index (χ3n) is 2.95. The van der Waals surface area contributed by atoms with Gasteiger partial charge in [-0.25, -0.2) is 9.97 Å². The van der Waals surface area contributed by atoms with Gasteiger partial charge in [0.25, 0.3) is 5.91 Å². The molecule has 0 spiro atoms. The molecule has 7 heteroatoms. The summed E-state index contributed by atoms with van der Waals surface area (Å²) >= 11 is 3.33. The zero-order chi connectivity index (χ0) is 13.4. The molecule has 0 radical (unpaired) electrons. The van der Waals surface area contributed by atoms with Crippen LogP contribution in [-0.2, 0) is 0 Å². The number of hydrogen-bond acceptors (Lipinski definition) is 4. The highest BCUT2D eigenvalue weighted by atomic mass is 79.9. The van der Waals surface area contributed by atoms with Crippen LogP contribution in [0.25, 0.3) is 0 Å². The van der Waals surface area contributed by atoms with E-state index in [1.807, 2.05) is 13.0 Å². The Morgan fingerprint density at radius 1 is 1.53 bits per heavy atom. The SMILES string of the molecule is Cc1cc(Br)cnc1NC(=O)c1n[nH]c(C2CC2)n1. The Kier molecular flexibility index (Phi) is 3.06. The summed E-state index contributed by atoms with van der Waals surface area (Å²) in [6.45, 7) is 1.88. The predicted octanol–water partition coefficient (Wildman–Crippen LogP) is 2.40. The van der Waals surface area contributed by atoms with Gasteiger partial charge in [-0.1, -0.05) is 0 Å². The number of H-pyrrole nitrogens is 1. The molecule has 1 aliphatic carbocycles. The minimum Gasteiger partial charge on any atom is -0.304 e. The number of carbonyl (C=O) groups is 1. The molecule has 2 aromatic heterocycles. The van der Waals surface area contributed by atoms with Crippen molar-refractivity contribution in [3.63, 3.8) is 0 Å². The summed E-state index contributed by atoms with van der Waals surface area (Å²) < 4.78 is 0.872. The van der Waals surface area contributed by atoms with Crippen LogP contribution in [0.4, 0.5) is 5.82 Å². The molecule has 1 amide bonds. The summed E-state index contributed by atoms with van der Waals surface area (Å²) in [6, 6.07) is 1.89. The highest BCUT2D eigenvalue weighted by Crippen LogP contribution is 2.37. The molecule has 98 valence electrons. The molecular weight excluding hydrogens is 310 g/mol. The van der Waals surface area contributed by atoms with Gasteiger partial charge in [-0.05, 0) is 47.3 Å². The van der Waals surface area contributed by atoms with Crippen molar-refractivity contribution < 1.29 is 4.79 Å². The van der Waals surface area contributed by atoms with E-state index in [-0.39, 0.29) is 11.7 Å². The summed E-state index contributed by atoms with van der Waals surface area (Å²) in [5.74, 6) is 1.57. The molecule has 19 heavy (non-hydrogen) atoms. The molecule has 2 aromatic rings. The van der Waals surface area contributed by atoms with E-state index in [1.54, 1.807) is 6.20 Å². The predicted molar refractivity (Wildman–Crippen MR) is 73.0 cm³/mol. The number of pyridine rings is 1. The molecule has 0 aliphatic heterocycles. The van der Waals surface area contributed by atoms with Crippen molar-refractivity contribution >= 4 is 27.7 Å². The number of nitrogens with one attached hydrogen (secondary N) is 2. The molecule has 0 saturated heterocycles. The van der Waals surface area contributed by atoms with Crippen LogP contribution >= 0.6 is 15.9 Å². The number of halogens is 1. The van der Waals surface area contributed by atoms with Crippen LogP contribution in [0.15, 0.2) is 16.7 Å². The first-order valence-corrected chi connectivity index (χ1v) is 6.78. The van der Waals surface area contributed by atoms with Crippen molar-refractivity contribution in [2.24, 2.45) is 0 Å². The van der Waals surface area contributed by atoms with Crippen molar-refractivity contribution in [2.45, 2.75) is 25.7 Å². The lowest BCUT2D eigenvalue weighted by Gasteiger charge is -2.05. The number of amides is 1. The van der Waals surface area contributed by atoms with Crippen molar-refractivity contribution in [3.8, 4) is 0 Å². The first-order chi connectivity index (χ1) is 9.13. The van der Waals surface area contributed by atoms with E-state index < -0.39 is 0 Å². The fourth-order valence-corrected chi connectivity index (χ4v) is 2.20. The highest BCUT2D eigenvalue weighted by Gasteiger charge is 2.28. The number of carbonyl (C=O) groups excluding carboxylic acids is 1. The second-order valence-electron chi connectivity index (χ2n) is 4.59. The van der Waals surface area contributed by atoms with Crippen LogP contribution in [0.1, 0.15) is 40.8 Å². The molecule has 0 atom stereocenters. The number of aromatic amines is 1. The lowest BCUT2D eigenvalue weighted by Crippen LogP contribution is -2.15. The zero-order valence-corrected chi connectivity index (χ0v) is 11.9. The van der Waals surface area contributed by atoms with Crippen LogP contribution in [0, 0.1) is 6.92 Å². The molecular formula is C12H12BrN5O. The maximum Gasteiger partial charge on any atom is 0.296 e. The number of aryl methyl sites for hydroxylation is 1. The Balaban J connectivity index is 1.76. The fourth-order valence-electron chi connectivity index (χ4n) is 1.75. The number of aromatic nitrogens is 4. The molecule has 2 N–H and O–H groups in total. The Bertz CT molecular complexity index is 635. The van der Waals surface area contributed by atoms with Crippen LogP contribution in [0.3, 0.4) is 0 Å².